The van der Waals surface area contributed by atoms with Crippen molar-refractivity contribution in [3.8, 4) is 0 Å². The quantitative estimate of drug-likeness (QED) is 0.0832. The number of hydrogen-bond donors (Lipinski definition) is 1. The normalized spacial score (nSPS) is 12.2. The number of aliphatic carboxylic acids is 1. The second kappa shape index (κ2) is 25.1. The van der Waals surface area contributed by atoms with Gasteiger partial charge < -0.3 is 9.84 Å². The van der Waals surface area contributed by atoms with Gasteiger partial charge in [0, 0.05) is 0 Å². The van der Waals surface area contributed by atoms with Gasteiger partial charge >= 0.3 is 11.9 Å². The van der Waals surface area contributed by atoms with Crippen molar-refractivity contribution >= 4 is 11.9 Å². The zero-order valence-corrected chi connectivity index (χ0v) is 21.5. The van der Waals surface area contributed by atoms with Crippen LogP contribution in [-0.2, 0) is 14.3 Å². The van der Waals surface area contributed by atoms with E-state index in [-0.39, 0.29) is 13.0 Å². The van der Waals surface area contributed by atoms with Gasteiger partial charge in [0.25, 0.3) is 0 Å². The Bertz CT molecular complexity index is 498. The van der Waals surface area contributed by atoms with E-state index in [0.29, 0.717) is 6.42 Å². The number of ether oxygens (including phenoxy) is 1. The van der Waals surface area contributed by atoms with E-state index in [1.54, 1.807) is 0 Å². The standard InChI is InChI=1S/C29H52O4/c1-3-5-6-7-8-9-10-11-12-13-14-15-16-17-18-19-20-21-22-23-24-27(26-28(30)31)29(32)33-25-4-2/h4,7-8,27H,2-3,5-6,9-26H2,1H3,(H,30,31)/b8-7+. The molecule has 4 heteroatoms. The summed E-state index contributed by atoms with van der Waals surface area (Å²) in [6.45, 7) is 5.90. The number of carboxylic acid groups (broad SMARTS) is 1. The zero-order valence-electron chi connectivity index (χ0n) is 21.5. The van der Waals surface area contributed by atoms with Crippen molar-refractivity contribution < 1.29 is 19.4 Å². The maximum atomic E-state index is 11.9. The van der Waals surface area contributed by atoms with Crippen molar-refractivity contribution in [3.63, 3.8) is 0 Å². The molecule has 0 aliphatic heterocycles. The average molecular weight is 465 g/mol. The van der Waals surface area contributed by atoms with E-state index in [0.717, 1.165) is 19.3 Å². The Hall–Kier alpha value is -1.58. The largest absolute Gasteiger partial charge is 0.481 e. The Morgan fingerprint density at radius 1 is 0.758 bits per heavy atom. The molecule has 0 bridgehead atoms. The maximum Gasteiger partial charge on any atom is 0.309 e. The minimum Gasteiger partial charge on any atom is -0.481 e. The molecular formula is C29H52O4. The molecule has 0 aliphatic carbocycles. The smallest absolute Gasteiger partial charge is 0.309 e. The molecule has 33 heavy (non-hydrogen) atoms. The van der Waals surface area contributed by atoms with Crippen molar-refractivity contribution in [2.75, 3.05) is 6.61 Å². The molecule has 1 unspecified atom stereocenters. The minimum atomic E-state index is -0.943. The van der Waals surface area contributed by atoms with Crippen LogP contribution in [0.4, 0.5) is 0 Å². The van der Waals surface area contributed by atoms with E-state index in [1.165, 1.54) is 102 Å². The number of rotatable bonds is 25. The molecule has 0 saturated heterocycles. The number of hydrogen-bond acceptors (Lipinski definition) is 3. The lowest BCUT2D eigenvalue weighted by Crippen LogP contribution is -2.21. The van der Waals surface area contributed by atoms with Crippen LogP contribution in [0.25, 0.3) is 0 Å². The van der Waals surface area contributed by atoms with E-state index >= 15 is 0 Å². The van der Waals surface area contributed by atoms with Crippen LogP contribution in [0.2, 0.25) is 0 Å². The van der Waals surface area contributed by atoms with E-state index in [1.807, 2.05) is 0 Å². The molecule has 0 radical (unpaired) electrons. The van der Waals surface area contributed by atoms with Crippen LogP contribution < -0.4 is 0 Å². The third-order valence-corrected chi connectivity index (χ3v) is 6.16. The highest BCUT2D eigenvalue weighted by molar-refractivity contribution is 5.79. The predicted molar refractivity (Wildman–Crippen MR) is 139 cm³/mol. The van der Waals surface area contributed by atoms with Crippen LogP contribution in [0.3, 0.4) is 0 Å². The van der Waals surface area contributed by atoms with Gasteiger partial charge in [-0.1, -0.05) is 128 Å². The third-order valence-electron chi connectivity index (χ3n) is 6.16. The molecule has 0 aromatic heterocycles. The summed E-state index contributed by atoms with van der Waals surface area (Å²) in [5.74, 6) is -1.89. The first kappa shape index (κ1) is 31.4. The predicted octanol–water partition coefficient (Wildman–Crippen LogP) is 8.79. The van der Waals surface area contributed by atoms with Gasteiger partial charge in [0.2, 0.25) is 0 Å². The Labute approximate surface area is 204 Å². The minimum absolute atomic E-state index is 0.145. The highest BCUT2D eigenvalue weighted by Crippen LogP contribution is 2.18. The SMILES string of the molecule is C=CCOC(=O)C(CCCCCCCCCCCCCCCC/C=C/CCCC)CC(=O)O. The molecule has 0 heterocycles. The maximum absolute atomic E-state index is 11.9. The lowest BCUT2D eigenvalue weighted by molar-refractivity contribution is -0.152. The molecule has 0 spiro atoms. The van der Waals surface area contributed by atoms with Gasteiger partial charge in [-0.05, 0) is 25.7 Å². The van der Waals surface area contributed by atoms with E-state index in [2.05, 4.69) is 25.7 Å². The average Bonchev–Trinajstić information content (AvgIpc) is 2.80. The lowest BCUT2D eigenvalue weighted by atomic mass is 9.97. The van der Waals surface area contributed by atoms with Crippen LogP contribution in [0, 0.1) is 5.92 Å². The summed E-state index contributed by atoms with van der Waals surface area (Å²) in [5.41, 5.74) is 0. The molecule has 1 N–H and O–H groups in total. The Morgan fingerprint density at radius 3 is 1.67 bits per heavy atom. The first-order valence-corrected chi connectivity index (χ1v) is 13.8. The van der Waals surface area contributed by atoms with Crippen LogP contribution in [0.5, 0.6) is 0 Å². The topological polar surface area (TPSA) is 63.6 Å². The Kier molecular flexibility index (Phi) is 23.9. The van der Waals surface area contributed by atoms with Crippen molar-refractivity contribution in [1.29, 1.82) is 0 Å². The van der Waals surface area contributed by atoms with Gasteiger partial charge in [-0.15, -0.1) is 0 Å². The van der Waals surface area contributed by atoms with Crippen molar-refractivity contribution in [3.05, 3.63) is 24.8 Å². The summed E-state index contributed by atoms with van der Waals surface area (Å²) < 4.78 is 5.03. The van der Waals surface area contributed by atoms with Gasteiger partial charge in [0.1, 0.15) is 6.61 Å². The van der Waals surface area contributed by atoms with Gasteiger partial charge in [-0.2, -0.15) is 0 Å². The molecule has 0 amide bonds. The molecule has 0 aromatic rings. The number of carbonyl (C=O) groups excluding carboxylic acids is 1. The summed E-state index contributed by atoms with van der Waals surface area (Å²) in [5, 5.41) is 8.99. The summed E-state index contributed by atoms with van der Waals surface area (Å²) >= 11 is 0. The molecule has 0 saturated carbocycles. The summed E-state index contributed by atoms with van der Waals surface area (Å²) in [6, 6.07) is 0. The lowest BCUT2D eigenvalue weighted by Gasteiger charge is -2.13. The molecule has 0 fully saturated rings. The number of unbranched alkanes of at least 4 members (excludes halogenated alkanes) is 16. The van der Waals surface area contributed by atoms with Gasteiger partial charge in [0.05, 0.1) is 12.3 Å². The van der Waals surface area contributed by atoms with Gasteiger partial charge in [-0.3, -0.25) is 9.59 Å². The summed E-state index contributed by atoms with van der Waals surface area (Å²) in [4.78, 5) is 22.9. The Morgan fingerprint density at radius 2 is 1.21 bits per heavy atom. The molecule has 192 valence electrons. The second-order valence-corrected chi connectivity index (χ2v) is 9.35. The fraction of sp³-hybridized carbons (Fsp3) is 0.793. The van der Waals surface area contributed by atoms with Crippen LogP contribution in [-0.4, -0.2) is 23.7 Å². The highest BCUT2D eigenvalue weighted by atomic mass is 16.5. The van der Waals surface area contributed by atoms with Crippen LogP contribution in [0.1, 0.15) is 135 Å². The van der Waals surface area contributed by atoms with Gasteiger partial charge in [-0.25, -0.2) is 0 Å². The fourth-order valence-corrected chi connectivity index (χ4v) is 4.10. The number of carbonyl (C=O) groups is 2. The van der Waals surface area contributed by atoms with Gasteiger partial charge in [0.15, 0.2) is 0 Å². The number of esters is 1. The van der Waals surface area contributed by atoms with Crippen molar-refractivity contribution in [1.82, 2.24) is 0 Å². The van der Waals surface area contributed by atoms with Crippen LogP contribution in [0.15, 0.2) is 24.8 Å². The molecule has 0 aliphatic rings. The first-order valence-electron chi connectivity index (χ1n) is 13.8. The second-order valence-electron chi connectivity index (χ2n) is 9.35. The van der Waals surface area contributed by atoms with Crippen LogP contribution >= 0.6 is 0 Å². The third kappa shape index (κ3) is 23.4. The van der Waals surface area contributed by atoms with E-state index in [9.17, 15) is 9.59 Å². The Balaban J connectivity index is 3.43. The summed E-state index contributed by atoms with van der Waals surface area (Å²) in [6.07, 6.45) is 29.7. The highest BCUT2D eigenvalue weighted by Gasteiger charge is 2.22. The number of carboxylic acids is 1. The summed E-state index contributed by atoms with van der Waals surface area (Å²) in [7, 11) is 0. The fourth-order valence-electron chi connectivity index (χ4n) is 4.10. The van der Waals surface area contributed by atoms with Crippen molar-refractivity contribution in [2.24, 2.45) is 5.92 Å². The van der Waals surface area contributed by atoms with E-state index < -0.39 is 17.9 Å². The zero-order chi connectivity index (χ0) is 24.4. The molecule has 0 rings (SSSR count). The first-order chi connectivity index (χ1) is 16.1. The molecule has 0 aromatic carbocycles. The molecule has 1 atom stereocenters. The number of allylic oxidation sites excluding steroid dienone is 2. The monoisotopic (exact) mass is 464 g/mol. The van der Waals surface area contributed by atoms with Crippen molar-refractivity contribution in [2.45, 2.75) is 135 Å². The van der Waals surface area contributed by atoms with E-state index in [4.69, 9.17) is 9.84 Å². The molecule has 4 nitrogen and oxygen atoms in total. The molecular weight excluding hydrogens is 412 g/mol.